The molecule has 1 aliphatic heterocycles. The van der Waals surface area contributed by atoms with E-state index >= 15 is 0 Å². The van der Waals surface area contributed by atoms with Crippen LogP contribution >= 0.6 is 0 Å². The minimum atomic E-state index is -0.420. The van der Waals surface area contributed by atoms with Crippen LogP contribution in [0.2, 0.25) is 0 Å². The molecule has 1 heterocycles. The van der Waals surface area contributed by atoms with Crippen molar-refractivity contribution in [3.8, 4) is 0 Å². The number of nitrogens with one attached hydrogen (secondary N) is 2. The number of hydrogen-bond donors (Lipinski definition) is 2. The van der Waals surface area contributed by atoms with Crippen molar-refractivity contribution in [2.75, 3.05) is 13.1 Å². The highest BCUT2D eigenvalue weighted by Crippen LogP contribution is 2.41. The minimum absolute atomic E-state index is 0.0836. The van der Waals surface area contributed by atoms with Gasteiger partial charge in [-0.3, -0.25) is 0 Å². The number of carbonyl (C=O) groups excluding carboxylic acids is 1. The van der Waals surface area contributed by atoms with Crippen molar-refractivity contribution in [1.29, 1.82) is 0 Å². The van der Waals surface area contributed by atoms with Gasteiger partial charge in [-0.15, -0.1) is 0 Å². The zero-order valence-corrected chi connectivity index (χ0v) is 11.3. The number of hydrogen-bond acceptors (Lipinski definition) is 3. The Morgan fingerprint density at radius 3 is 2.29 bits per heavy atom. The monoisotopic (exact) mass is 240 g/mol. The van der Waals surface area contributed by atoms with E-state index in [0.717, 1.165) is 37.8 Å². The Kier molecular flexibility index (Phi) is 3.10. The van der Waals surface area contributed by atoms with Crippen LogP contribution in [0.3, 0.4) is 0 Å². The molecule has 0 bridgehead atoms. The molecule has 1 aliphatic carbocycles. The third-order valence-electron chi connectivity index (χ3n) is 3.71. The largest absolute Gasteiger partial charge is 0.444 e. The summed E-state index contributed by atoms with van der Waals surface area (Å²) in [7, 11) is 0. The van der Waals surface area contributed by atoms with E-state index in [1.165, 1.54) is 0 Å². The molecule has 1 saturated heterocycles. The van der Waals surface area contributed by atoms with Crippen LogP contribution in [-0.2, 0) is 4.74 Å². The third kappa shape index (κ3) is 3.12. The molecule has 0 radical (unpaired) electrons. The van der Waals surface area contributed by atoms with Gasteiger partial charge in [-0.25, -0.2) is 4.79 Å². The van der Waals surface area contributed by atoms with E-state index in [4.69, 9.17) is 4.74 Å². The van der Waals surface area contributed by atoms with Crippen molar-refractivity contribution in [3.05, 3.63) is 0 Å². The fourth-order valence-corrected chi connectivity index (χ4v) is 3.16. The van der Waals surface area contributed by atoms with Crippen molar-refractivity contribution < 1.29 is 9.53 Å². The first-order valence-electron chi connectivity index (χ1n) is 6.49. The van der Waals surface area contributed by atoms with E-state index in [-0.39, 0.29) is 11.6 Å². The van der Waals surface area contributed by atoms with Gasteiger partial charge in [0.05, 0.1) is 0 Å². The smallest absolute Gasteiger partial charge is 0.408 e. The standard InChI is InChI=1S/C13H24N2O2/c1-12(2,3)17-11(16)15-13(4)5-9-7-14-8-10(9)6-13/h9-10,14H,5-8H2,1-4H3,(H,15,16). The maximum absolute atomic E-state index is 11.8. The quantitative estimate of drug-likeness (QED) is 0.736. The second-order valence-corrected chi connectivity index (χ2v) is 6.77. The average Bonchev–Trinajstić information content (AvgIpc) is 2.56. The Morgan fingerprint density at radius 1 is 1.29 bits per heavy atom. The zero-order chi connectivity index (χ0) is 12.7. The molecule has 1 amide bonds. The molecule has 2 rings (SSSR count). The lowest BCUT2D eigenvalue weighted by atomic mass is 9.98. The number of rotatable bonds is 1. The summed E-state index contributed by atoms with van der Waals surface area (Å²) in [6.45, 7) is 9.99. The molecular weight excluding hydrogens is 216 g/mol. The van der Waals surface area contributed by atoms with Gasteiger partial charge in [-0.1, -0.05) is 0 Å². The molecule has 0 spiro atoms. The summed E-state index contributed by atoms with van der Waals surface area (Å²) in [4.78, 5) is 11.8. The fourth-order valence-electron chi connectivity index (χ4n) is 3.16. The Hall–Kier alpha value is -0.770. The van der Waals surface area contributed by atoms with Crippen molar-refractivity contribution in [2.45, 2.75) is 51.7 Å². The Bertz CT molecular complexity index is 297. The lowest BCUT2D eigenvalue weighted by molar-refractivity contribution is 0.0462. The normalized spacial score (nSPS) is 36.7. The highest BCUT2D eigenvalue weighted by Gasteiger charge is 2.45. The van der Waals surface area contributed by atoms with Gasteiger partial charge in [0.2, 0.25) is 0 Å². The molecular formula is C13H24N2O2. The van der Waals surface area contributed by atoms with E-state index < -0.39 is 5.60 Å². The first kappa shape index (κ1) is 12.7. The summed E-state index contributed by atoms with van der Waals surface area (Å²) in [6.07, 6.45) is 1.83. The summed E-state index contributed by atoms with van der Waals surface area (Å²) < 4.78 is 5.32. The Balaban J connectivity index is 1.89. The molecule has 4 nitrogen and oxygen atoms in total. The molecule has 2 fully saturated rings. The summed E-state index contributed by atoms with van der Waals surface area (Å²) in [6, 6.07) is 0. The fraction of sp³-hybridized carbons (Fsp3) is 0.923. The number of ether oxygens (including phenoxy) is 1. The van der Waals surface area contributed by atoms with Crippen LogP contribution in [0.25, 0.3) is 0 Å². The lowest BCUT2D eigenvalue weighted by Crippen LogP contribution is -2.47. The summed E-state index contributed by atoms with van der Waals surface area (Å²) >= 11 is 0. The molecule has 2 unspecified atom stereocenters. The molecule has 0 aromatic rings. The topological polar surface area (TPSA) is 50.4 Å². The lowest BCUT2D eigenvalue weighted by Gasteiger charge is -2.29. The average molecular weight is 240 g/mol. The highest BCUT2D eigenvalue weighted by atomic mass is 16.6. The van der Waals surface area contributed by atoms with Crippen LogP contribution in [0, 0.1) is 11.8 Å². The maximum Gasteiger partial charge on any atom is 0.408 e. The Morgan fingerprint density at radius 2 is 1.82 bits per heavy atom. The van der Waals surface area contributed by atoms with Gasteiger partial charge in [0.15, 0.2) is 0 Å². The zero-order valence-electron chi connectivity index (χ0n) is 11.3. The SMILES string of the molecule is CC1(NC(=O)OC(C)(C)C)CC2CNCC2C1. The van der Waals surface area contributed by atoms with Crippen LogP contribution in [-0.4, -0.2) is 30.3 Å². The first-order chi connectivity index (χ1) is 7.77. The molecule has 2 aliphatic rings. The summed E-state index contributed by atoms with van der Waals surface area (Å²) in [5, 5.41) is 6.46. The number of fused-ring (bicyclic) bond motifs is 1. The van der Waals surface area contributed by atoms with E-state index in [0.29, 0.717) is 0 Å². The minimum Gasteiger partial charge on any atom is -0.444 e. The van der Waals surface area contributed by atoms with Gasteiger partial charge in [-0.05, 0) is 65.5 Å². The predicted octanol–water partition coefficient (Wildman–Crippen LogP) is 1.90. The maximum atomic E-state index is 11.8. The first-order valence-corrected chi connectivity index (χ1v) is 6.49. The van der Waals surface area contributed by atoms with Crippen LogP contribution in [0.15, 0.2) is 0 Å². The van der Waals surface area contributed by atoms with Gasteiger partial charge in [-0.2, -0.15) is 0 Å². The van der Waals surface area contributed by atoms with E-state index in [1.807, 2.05) is 20.8 Å². The van der Waals surface area contributed by atoms with Crippen LogP contribution in [0.4, 0.5) is 4.79 Å². The van der Waals surface area contributed by atoms with Gasteiger partial charge in [0.1, 0.15) is 5.60 Å². The highest BCUT2D eigenvalue weighted by molar-refractivity contribution is 5.68. The van der Waals surface area contributed by atoms with Crippen molar-refractivity contribution >= 4 is 6.09 Å². The second kappa shape index (κ2) is 4.16. The second-order valence-electron chi connectivity index (χ2n) is 6.77. The molecule has 2 atom stereocenters. The van der Waals surface area contributed by atoms with Crippen molar-refractivity contribution in [2.24, 2.45) is 11.8 Å². The van der Waals surface area contributed by atoms with Gasteiger partial charge in [0.25, 0.3) is 0 Å². The predicted molar refractivity (Wildman–Crippen MR) is 66.9 cm³/mol. The van der Waals surface area contributed by atoms with Gasteiger partial charge >= 0.3 is 6.09 Å². The molecule has 0 aromatic carbocycles. The molecule has 2 N–H and O–H groups in total. The number of amides is 1. The number of alkyl carbamates (subject to hydrolysis) is 1. The molecule has 98 valence electrons. The third-order valence-corrected chi connectivity index (χ3v) is 3.71. The van der Waals surface area contributed by atoms with Crippen molar-refractivity contribution in [1.82, 2.24) is 10.6 Å². The van der Waals surface area contributed by atoms with Crippen molar-refractivity contribution in [3.63, 3.8) is 0 Å². The van der Waals surface area contributed by atoms with E-state index in [1.54, 1.807) is 0 Å². The van der Waals surface area contributed by atoms with Crippen LogP contribution in [0.5, 0.6) is 0 Å². The van der Waals surface area contributed by atoms with Gasteiger partial charge in [0, 0.05) is 5.54 Å². The summed E-state index contributed by atoms with van der Waals surface area (Å²) in [5.41, 5.74) is -0.504. The number of carbonyl (C=O) groups is 1. The molecule has 4 heteroatoms. The van der Waals surface area contributed by atoms with E-state index in [2.05, 4.69) is 17.6 Å². The van der Waals surface area contributed by atoms with Gasteiger partial charge < -0.3 is 15.4 Å². The van der Waals surface area contributed by atoms with Crippen LogP contribution < -0.4 is 10.6 Å². The summed E-state index contributed by atoms with van der Waals surface area (Å²) in [5.74, 6) is 1.44. The molecule has 1 saturated carbocycles. The van der Waals surface area contributed by atoms with E-state index in [9.17, 15) is 4.79 Å². The Labute approximate surface area is 103 Å². The molecule has 0 aromatic heterocycles. The van der Waals surface area contributed by atoms with Crippen LogP contribution in [0.1, 0.15) is 40.5 Å². The molecule has 17 heavy (non-hydrogen) atoms.